The van der Waals surface area contributed by atoms with Crippen molar-refractivity contribution >= 4 is 5.69 Å². The average Bonchev–Trinajstić information content (AvgIpc) is 2.74. The number of hydrogen-bond donors (Lipinski definition) is 1. The maximum Gasteiger partial charge on any atom is 0.406 e. The number of imidazole rings is 1. The molecule has 1 aromatic carbocycles. The summed E-state index contributed by atoms with van der Waals surface area (Å²) in [5.41, 5.74) is 7.38. The van der Waals surface area contributed by atoms with E-state index in [1.807, 2.05) is 30.1 Å². The van der Waals surface area contributed by atoms with E-state index in [1.54, 1.807) is 6.07 Å². The Kier molecular flexibility index (Phi) is 4.52. The van der Waals surface area contributed by atoms with Crippen molar-refractivity contribution in [3.63, 3.8) is 0 Å². The summed E-state index contributed by atoms with van der Waals surface area (Å²) in [4.78, 5) is 5.89. The summed E-state index contributed by atoms with van der Waals surface area (Å²) in [6.45, 7) is -0.101. The number of aromatic nitrogens is 2. The van der Waals surface area contributed by atoms with Gasteiger partial charge in [-0.15, -0.1) is 0 Å². The highest BCUT2D eigenvalue weighted by Gasteiger charge is 2.28. The zero-order valence-corrected chi connectivity index (χ0v) is 11.6. The van der Waals surface area contributed by atoms with E-state index in [9.17, 15) is 13.2 Å². The van der Waals surface area contributed by atoms with Gasteiger partial charge in [0, 0.05) is 24.6 Å². The van der Waals surface area contributed by atoms with Crippen LogP contribution in [0.5, 0.6) is 0 Å². The molecular weight excluding hydrogens is 281 g/mol. The monoisotopic (exact) mass is 298 g/mol. The predicted molar refractivity (Wildman–Crippen MR) is 74.3 cm³/mol. The van der Waals surface area contributed by atoms with Crippen molar-refractivity contribution in [3.8, 4) is 0 Å². The van der Waals surface area contributed by atoms with Gasteiger partial charge in [0.25, 0.3) is 0 Å². The lowest BCUT2D eigenvalue weighted by Crippen LogP contribution is -2.23. The fourth-order valence-corrected chi connectivity index (χ4v) is 2.13. The standard InChI is InChI=1S/C14H17F3N4/c1-20(8-11-3-2-4-12(18)7-11)9-13-19-5-6-21(13)10-14(15,16)17/h2-7H,8-10,18H2,1H3. The van der Waals surface area contributed by atoms with Gasteiger partial charge in [-0.25, -0.2) is 4.98 Å². The van der Waals surface area contributed by atoms with Gasteiger partial charge in [0.2, 0.25) is 0 Å². The van der Waals surface area contributed by atoms with E-state index in [2.05, 4.69) is 4.98 Å². The summed E-state index contributed by atoms with van der Waals surface area (Å²) in [5.74, 6) is 0.388. The van der Waals surface area contributed by atoms with Crippen LogP contribution in [0.4, 0.5) is 18.9 Å². The lowest BCUT2D eigenvalue weighted by atomic mass is 10.2. The van der Waals surface area contributed by atoms with E-state index < -0.39 is 12.7 Å². The van der Waals surface area contributed by atoms with Crippen LogP contribution in [0.25, 0.3) is 0 Å². The third-order valence-electron chi connectivity index (χ3n) is 2.97. The minimum atomic E-state index is -4.25. The number of anilines is 1. The van der Waals surface area contributed by atoms with Gasteiger partial charge in [-0.2, -0.15) is 13.2 Å². The van der Waals surface area contributed by atoms with Crippen molar-refractivity contribution in [2.45, 2.75) is 25.8 Å². The number of nitrogens with two attached hydrogens (primary N) is 1. The Bertz CT molecular complexity index is 592. The third-order valence-corrected chi connectivity index (χ3v) is 2.97. The van der Waals surface area contributed by atoms with E-state index in [1.165, 1.54) is 12.4 Å². The minimum Gasteiger partial charge on any atom is -0.399 e. The fourth-order valence-electron chi connectivity index (χ4n) is 2.13. The summed E-state index contributed by atoms with van der Waals surface area (Å²) >= 11 is 0. The predicted octanol–water partition coefficient (Wildman–Crippen LogP) is 2.66. The van der Waals surface area contributed by atoms with Crippen molar-refractivity contribution in [1.29, 1.82) is 0 Å². The van der Waals surface area contributed by atoms with E-state index in [-0.39, 0.29) is 0 Å². The second kappa shape index (κ2) is 6.17. The Balaban J connectivity index is 2.00. The molecule has 2 rings (SSSR count). The highest BCUT2D eigenvalue weighted by molar-refractivity contribution is 5.40. The highest BCUT2D eigenvalue weighted by Crippen LogP contribution is 2.19. The first-order chi connectivity index (χ1) is 9.83. The molecule has 0 aliphatic carbocycles. The SMILES string of the molecule is CN(Cc1cccc(N)c1)Cc1nccn1CC(F)(F)F. The number of rotatable bonds is 5. The molecule has 0 saturated heterocycles. The number of halogens is 3. The van der Waals surface area contributed by atoms with Crippen LogP contribution in [0.15, 0.2) is 36.7 Å². The van der Waals surface area contributed by atoms with Gasteiger partial charge in [0.15, 0.2) is 0 Å². The first kappa shape index (κ1) is 15.4. The minimum absolute atomic E-state index is 0.331. The molecule has 0 aliphatic heterocycles. The molecule has 114 valence electrons. The maximum atomic E-state index is 12.5. The lowest BCUT2D eigenvalue weighted by Gasteiger charge is -2.18. The van der Waals surface area contributed by atoms with Gasteiger partial charge < -0.3 is 10.3 Å². The largest absolute Gasteiger partial charge is 0.406 e. The molecular formula is C14H17F3N4. The Labute approximate surface area is 121 Å². The Morgan fingerprint density at radius 1 is 1.29 bits per heavy atom. The average molecular weight is 298 g/mol. The number of benzene rings is 1. The first-order valence-electron chi connectivity index (χ1n) is 6.43. The second-order valence-electron chi connectivity index (χ2n) is 5.00. The van der Waals surface area contributed by atoms with Gasteiger partial charge in [-0.1, -0.05) is 12.1 Å². The van der Waals surface area contributed by atoms with Crippen LogP contribution >= 0.6 is 0 Å². The molecule has 7 heteroatoms. The second-order valence-corrected chi connectivity index (χ2v) is 5.00. The summed E-state index contributed by atoms with van der Waals surface area (Å²) < 4.78 is 38.5. The number of alkyl halides is 3. The molecule has 0 atom stereocenters. The number of nitrogen functional groups attached to an aromatic ring is 1. The molecule has 0 bridgehead atoms. The quantitative estimate of drug-likeness (QED) is 0.863. The zero-order chi connectivity index (χ0) is 15.5. The van der Waals surface area contributed by atoms with Crippen molar-refractivity contribution in [2.24, 2.45) is 0 Å². The molecule has 1 aromatic heterocycles. The Hall–Kier alpha value is -2.02. The first-order valence-corrected chi connectivity index (χ1v) is 6.43. The molecule has 0 aliphatic rings. The van der Waals surface area contributed by atoms with Crippen LogP contribution in [-0.2, 0) is 19.6 Å². The molecule has 1 heterocycles. The van der Waals surface area contributed by atoms with Crippen molar-refractivity contribution in [3.05, 3.63) is 48.0 Å². The van der Waals surface area contributed by atoms with Crippen LogP contribution in [-0.4, -0.2) is 27.7 Å². The van der Waals surface area contributed by atoms with Crippen molar-refractivity contribution in [2.75, 3.05) is 12.8 Å². The number of hydrogen-bond acceptors (Lipinski definition) is 3. The van der Waals surface area contributed by atoms with E-state index >= 15 is 0 Å². The van der Waals surface area contributed by atoms with Crippen LogP contribution in [0, 0.1) is 0 Å². The molecule has 0 saturated carbocycles. The molecule has 4 nitrogen and oxygen atoms in total. The van der Waals surface area contributed by atoms with E-state index in [0.29, 0.717) is 24.6 Å². The molecule has 0 unspecified atom stereocenters. The van der Waals surface area contributed by atoms with Crippen molar-refractivity contribution in [1.82, 2.24) is 14.5 Å². The molecule has 0 fully saturated rings. The smallest absolute Gasteiger partial charge is 0.399 e. The van der Waals surface area contributed by atoms with Crippen LogP contribution < -0.4 is 5.73 Å². The van der Waals surface area contributed by atoms with Gasteiger partial charge in [-0.3, -0.25) is 4.90 Å². The van der Waals surface area contributed by atoms with Crippen LogP contribution in [0.1, 0.15) is 11.4 Å². The normalized spacial score (nSPS) is 12.0. The van der Waals surface area contributed by atoms with E-state index in [0.717, 1.165) is 10.1 Å². The number of nitrogens with zero attached hydrogens (tertiary/aromatic N) is 3. The zero-order valence-electron chi connectivity index (χ0n) is 11.6. The van der Waals surface area contributed by atoms with Gasteiger partial charge in [-0.05, 0) is 24.7 Å². The summed E-state index contributed by atoms with van der Waals surface area (Å²) in [5, 5.41) is 0. The highest BCUT2D eigenvalue weighted by atomic mass is 19.4. The van der Waals surface area contributed by atoms with Crippen LogP contribution in [0.3, 0.4) is 0 Å². The fraction of sp³-hybridized carbons (Fsp3) is 0.357. The maximum absolute atomic E-state index is 12.5. The van der Waals surface area contributed by atoms with Crippen molar-refractivity contribution < 1.29 is 13.2 Å². The molecule has 0 radical (unpaired) electrons. The summed E-state index contributed by atoms with van der Waals surface area (Å²) in [6.07, 6.45) is -1.52. The molecule has 2 N–H and O–H groups in total. The molecule has 2 aromatic rings. The molecule has 21 heavy (non-hydrogen) atoms. The Morgan fingerprint density at radius 3 is 2.71 bits per heavy atom. The van der Waals surface area contributed by atoms with Crippen LogP contribution in [0.2, 0.25) is 0 Å². The van der Waals surface area contributed by atoms with Gasteiger partial charge in [0.1, 0.15) is 12.4 Å². The lowest BCUT2D eigenvalue weighted by molar-refractivity contribution is -0.141. The topological polar surface area (TPSA) is 47.1 Å². The Morgan fingerprint density at radius 2 is 2.05 bits per heavy atom. The van der Waals surface area contributed by atoms with E-state index in [4.69, 9.17) is 5.73 Å². The third kappa shape index (κ3) is 4.78. The summed E-state index contributed by atoms with van der Waals surface area (Å²) in [6, 6.07) is 7.41. The van der Waals surface area contributed by atoms with Gasteiger partial charge in [0.05, 0.1) is 6.54 Å². The van der Waals surface area contributed by atoms with Gasteiger partial charge >= 0.3 is 6.18 Å². The molecule has 0 amide bonds. The summed E-state index contributed by atoms with van der Waals surface area (Å²) in [7, 11) is 1.83. The molecule has 0 spiro atoms.